The van der Waals surface area contributed by atoms with Crippen molar-refractivity contribution >= 4 is 23.0 Å². The van der Waals surface area contributed by atoms with Gasteiger partial charge in [0.2, 0.25) is 0 Å². The van der Waals surface area contributed by atoms with Crippen molar-refractivity contribution in [3.05, 3.63) is 68.9 Å². The van der Waals surface area contributed by atoms with Gasteiger partial charge in [0.05, 0.1) is 0 Å². The van der Waals surface area contributed by atoms with Gasteiger partial charge in [0.1, 0.15) is 0 Å². The molecule has 0 fully saturated rings. The maximum atomic E-state index is 2.47. The maximum Gasteiger partial charge on any atom is -0.00208 e. The minimum Gasteiger partial charge on any atom is -0.152 e. The Morgan fingerprint density at radius 2 is 1.68 bits per heavy atom. The number of fused-ring (bicyclic) bond motifs is 1. The Balaban J connectivity index is 2.00. The van der Waals surface area contributed by atoms with Crippen LogP contribution in [0.5, 0.6) is 0 Å². The zero-order chi connectivity index (χ0) is 18.2. The van der Waals surface area contributed by atoms with E-state index in [4.69, 9.17) is 0 Å². The second-order valence-corrected chi connectivity index (χ2v) is 9.53. The van der Waals surface area contributed by atoms with Crippen molar-refractivity contribution in [2.75, 3.05) is 0 Å². The molecule has 0 saturated carbocycles. The summed E-state index contributed by atoms with van der Waals surface area (Å²) in [6, 6.07) is 7.07. The largest absolute Gasteiger partial charge is 0.152 e. The topological polar surface area (TPSA) is 0 Å². The summed E-state index contributed by atoms with van der Waals surface area (Å²) >= 11 is 1.74. The molecule has 1 heteroatoms. The molecule has 0 N–H and O–H groups in total. The summed E-state index contributed by atoms with van der Waals surface area (Å²) < 4.78 is 0. The minimum atomic E-state index is 0.264. The van der Waals surface area contributed by atoms with Gasteiger partial charge >= 0.3 is 0 Å². The first-order valence-corrected chi connectivity index (χ1v) is 10.2. The Morgan fingerprint density at radius 3 is 2.28 bits per heavy atom. The van der Waals surface area contributed by atoms with Gasteiger partial charge in [-0.3, -0.25) is 0 Å². The van der Waals surface area contributed by atoms with E-state index in [9.17, 15) is 0 Å². The minimum absolute atomic E-state index is 0.264. The number of benzene rings is 1. The number of aryl methyl sites for hydroxylation is 1. The van der Waals surface area contributed by atoms with E-state index in [1.807, 2.05) is 0 Å². The van der Waals surface area contributed by atoms with Crippen LogP contribution in [0.15, 0.2) is 41.1 Å². The number of hydrogen-bond acceptors (Lipinski definition) is 1. The fourth-order valence-electron chi connectivity index (χ4n) is 3.91. The van der Waals surface area contributed by atoms with Crippen LogP contribution >= 0.6 is 11.3 Å². The molecule has 1 aliphatic carbocycles. The molecule has 0 radical (unpaired) electrons. The van der Waals surface area contributed by atoms with Crippen molar-refractivity contribution in [2.45, 2.75) is 65.2 Å². The first-order valence-electron chi connectivity index (χ1n) is 9.24. The number of hydrogen-bond donors (Lipinski definition) is 0. The lowest BCUT2D eigenvalue weighted by molar-refractivity contribution is 0.331. The van der Waals surface area contributed by atoms with Crippen LogP contribution in [0.4, 0.5) is 0 Å². The molecule has 0 bridgehead atoms. The average Bonchev–Trinajstić information content (AvgIpc) is 3.05. The first-order chi connectivity index (χ1) is 11.7. The van der Waals surface area contributed by atoms with Crippen molar-refractivity contribution in [2.24, 2.45) is 0 Å². The van der Waals surface area contributed by atoms with Crippen molar-refractivity contribution in [3.63, 3.8) is 0 Å². The second-order valence-electron chi connectivity index (χ2n) is 8.75. The highest BCUT2D eigenvalue weighted by Crippen LogP contribution is 2.47. The van der Waals surface area contributed by atoms with E-state index in [0.29, 0.717) is 0 Å². The summed E-state index contributed by atoms with van der Waals surface area (Å²) in [5.41, 5.74) is 9.03. The molecule has 0 unspecified atom stereocenters. The van der Waals surface area contributed by atoms with Gasteiger partial charge in [0.15, 0.2) is 0 Å². The van der Waals surface area contributed by atoms with Gasteiger partial charge in [0, 0.05) is 0 Å². The van der Waals surface area contributed by atoms with E-state index >= 15 is 0 Å². The van der Waals surface area contributed by atoms with E-state index in [1.165, 1.54) is 35.1 Å². The fourth-order valence-corrected chi connectivity index (χ4v) is 4.54. The maximum absolute atomic E-state index is 2.47. The molecule has 0 saturated heterocycles. The second kappa shape index (κ2) is 6.61. The van der Waals surface area contributed by atoms with E-state index in [1.54, 1.807) is 22.5 Å². The highest BCUT2D eigenvalue weighted by molar-refractivity contribution is 7.08. The van der Waals surface area contributed by atoms with Gasteiger partial charge in [0.25, 0.3) is 0 Å². The van der Waals surface area contributed by atoms with Crippen LogP contribution < -0.4 is 0 Å². The molecule has 0 spiro atoms. The van der Waals surface area contributed by atoms with Crippen LogP contribution in [0.3, 0.4) is 0 Å². The van der Waals surface area contributed by atoms with Gasteiger partial charge in [-0.05, 0) is 87.7 Å². The third-order valence-corrected chi connectivity index (χ3v) is 6.50. The normalized spacial score (nSPS) is 19.2. The molecule has 25 heavy (non-hydrogen) atoms. The van der Waals surface area contributed by atoms with Crippen LogP contribution in [0.25, 0.3) is 11.6 Å². The van der Waals surface area contributed by atoms with Crippen molar-refractivity contribution in [1.82, 2.24) is 0 Å². The third kappa shape index (κ3) is 3.67. The van der Waals surface area contributed by atoms with Crippen LogP contribution in [0, 0.1) is 6.92 Å². The van der Waals surface area contributed by atoms with Gasteiger partial charge in [-0.15, -0.1) is 0 Å². The third-order valence-electron chi connectivity index (χ3n) is 5.80. The highest BCUT2D eigenvalue weighted by Gasteiger charge is 2.37. The molecule has 132 valence electrons. The lowest BCUT2D eigenvalue weighted by Gasteiger charge is -2.42. The standard InChI is InChI=1S/C24H30S/c1-17(8-7-9-19-10-13-25-16-19)20-15-22-21(14-18(20)2)23(3,4)11-12-24(22,5)6/h7-10,13-16H,11-12H2,1-6H3. The van der Waals surface area contributed by atoms with Crippen LogP contribution in [0.2, 0.25) is 0 Å². The smallest absolute Gasteiger partial charge is 0.00208 e. The van der Waals surface area contributed by atoms with E-state index in [-0.39, 0.29) is 10.8 Å². The summed E-state index contributed by atoms with van der Waals surface area (Å²) in [7, 11) is 0. The predicted molar refractivity (Wildman–Crippen MR) is 113 cm³/mol. The summed E-state index contributed by atoms with van der Waals surface area (Å²) in [6.07, 6.45) is 9.12. The van der Waals surface area contributed by atoms with Gasteiger partial charge in [-0.1, -0.05) is 58.1 Å². The van der Waals surface area contributed by atoms with Gasteiger partial charge in [-0.25, -0.2) is 0 Å². The van der Waals surface area contributed by atoms with E-state index in [0.717, 1.165) is 0 Å². The zero-order valence-electron chi connectivity index (χ0n) is 16.4. The Bertz CT molecular complexity index is 814. The number of thiophene rings is 1. The summed E-state index contributed by atoms with van der Waals surface area (Å²) in [5, 5.41) is 4.29. The van der Waals surface area contributed by atoms with E-state index < -0.39 is 0 Å². The average molecular weight is 351 g/mol. The summed E-state index contributed by atoms with van der Waals surface area (Å²) in [4.78, 5) is 0. The van der Waals surface area contributed by atoms with Crippen LogP contribution in [-0.2, 0) is 10.8 Å². The molecule has 0 aliphatic heterocycles. The summed E-state index contributed by atoms with van der Waals surface area (Å²) in [6.45, 7) is 14.1. The Labute approximate surface area is 157 Å². The first kappa shape index (κ1) is 18.2. The molecule has 1 aromatic carbocycles. The van der Waals surface area contributed by atoms with Gasteiger partial charge < -0.3 is 0 Å². The molecule has 1 heterocycles. The predicted octanol–water partition coefficient (Wildman–Crippen LogP) is 7.52. The molecule has 3 rings (SSSR count). The fraction of sp³-hybridized carbons (Fsp3) is 0.417. The van der Waals surface area contributed by atoms with Crippen LogP contribution in [-0.4, -0.2) is 0 Å². The quantitative estimate of drug-likeness (QED) is 0.502. The lowest BCUT2D eigenvalue weighted by Crippen LogP contribution is -2.34. The lowest BCUT2D eigenvalue weighted by atomic mass is 9.62. The highest BCUT2D eigenvalue weighted by atomic mass is 32.1. The molecule has 0 nitrogen and oxygen atoms in total. The molecule has 0 amide bonds. The Hall–Kier alpha value is -1.60. The van der Waals surface area contributed by atoms with Crippen molar-refractivity contribution in [1.29, 1.82) is 0 Å². The zero-order valence-corrected chi connectivity index (χ0v) is 17.3. The summed E-state index contributed by atoms with van der Waals surface area (Å²) in [5.74, 6) is 0. The molecular weight excluding hydrogens is 320 g/mol. The monoisotopic (exact) mass is 350 g/mol. The molecule has 0 atom stereocenters. The molecule has 1 aliphatic rings. The van der Waals surface area contributed by atoms with Crippen molar-refractivity contribution < 1.29 is 0 Å². The molecular formula is C24H30S. The number of allylic oxidation sites excluding steroid dienone is 3. The Morgan fingerprint density at radius 1 is 1.04 bits per heavy atom. The van der Waals surface area contributed by atoms with Gasteiger partial charge in [-0.2, -0.15) is 11.3 Å². The Kier molecular flexibility index (Phi) is 4.81. The number of rotatable bonds is 3. The molecule has 1 aromatic heterocycles. The van der Waals surface area contributed by atoms with Crippen LogP contribution in [0.1, 0.15) is 75.3 Å². The van der Waals surface area contributed by atoms with Crippen molar-refractivity contribution in [3.8, 4) is 0 Å². The SMILES string of the molecule is CC(=CC=Cc1ccsc1)c1cc2c(cc1C)C(C)(C)CCC2(C)C. The van der Waals surface area contributed by atoms with E-state index in [2.05, 4.69) is 88.7 Å². The molecule has 2 aromatic rings.